The standard InChI is InChI=1S/C19H31N3O2/c1-15-13-21(11-12-22(15)14-16(2)23)10-9-19(24)20-17(3)18-7-5-4-6-8-18/h4-8,15-17,23H,9-14H2,1-3H3,(H,20,24)/t15-,16-,17+/m0/s1. The third-order valence-electron chi connectivity index (χ3n) is 4.68. The number of β-amino-alcohol motifs (C(OH)–C–C–N with tert-alkyl or cyclic N) is 1. The average Bonchev–Trinajstić information content (AvgIpc) is 2.55. The van der Waals surface area contributed by atoms with E-state index < -0.39 is 0 Å². The molecule has 2 N–H and O–H groups in total. The number of piperazine rings is 1. The Hall–Kier alpha value is -1.43. The minimum Gasteiger partial charge on any atom is -0.392 e. The average molecular weight is 333 g/mol. The number of aliphatic hydroxyl groups is 1. The first kappa shape index (κ1) is 18.9. The monoisotopic (exact) mass is 333 g/mol. The topological polar surface area (TPSA) is 55.8 Å². The number of benzene rings is 1. The Morgan fingerprint density at radius 2 is 2.00 bits per heavy atom. The van der Waals surface area contributed by atoms with E-state index >= 15 is 0 Å². The van der Waals surface area contributed by atoms with Gasteiger partial charge in [-0.3, -0.25) is 9.69 Å². The van der Waals surface area contributed by atoms with Crippen molar-refractivity contribution in [3.8, 4) is 0 Å². The second kappa shape index (κ2) is 9.16. The maximum absolute atomic E-state index is 12.2. The maximum atomic E-state index is 12.2. The first-order valence-electron chi connectivity index (χ1n) is 8.94. The first-order chi connectivity index (χ1) is 11.5. The summed E-state index contributed by atoms with van der Waals surface area (Å²) in [5.74, 6) is 0.102. The van der Waals surface area contributed by atoms with Crippen LogP contribution in [0.3, 0.4) is 0 Å². The molecule has 2 rings (SSSR count). The highest BCUT2D eigenvalue weighted by atomic mass is 16.3. The summed E-state index contributed by atoms with van der Waals surface area (Å²) in [5, 5.41) is 12.6. The van der Waals surface area contributed by atoms with Gasteiger partial charge in [0.2, 0.25) is 5.91 Å². The van der Waals surface area contributed by atoms with Crippen LogP contribution in [0.25, 0.3) is 0 Å². The summed E-state index contributed by atoms with van der Waals surface area (Å²) in [6, 6.07) is 10.5. The number of amides is 1. The van der Waals surface area contributed by atoms with Crippen molar-refractivity contribution >= 4 is 5.91 Å². The first-order valence-corrected chi connectivity index (χ1v) is 8.94. The van der Waals surface area contributed by atoms with Gasteiger partial charge in [-0.05, 0) is 26.3 Å². The summed E-state index contributed by atoms with van der Waals surface area (Å²) in [5.41, 5.74) is 1.13. The number of nitrogens with zero attached hydrogens (tertiary/aromatic N) is 2. The molecule has 0 saturated carbocycles. The minimum atomic E-state index is -0.288. The van der Waals surface area contributed by atoms with Crippen LogP contribution < -0.4 is 5.32 Å². The number of nitrogens with one attached hydrogen (secondary N) is 1. The van der Waals surface area contributed by atoms with E-state index in [-0.39, 0.29) is 18.1 Å². The zero-order valence-electron chi connectivity index (χ0n) is 15.1. The fourth-order valence-corrected chi connectivity index (χ4v) is 3.28. The second-order valence-corrected chi connectivity index (χ2v) is 6.94. The van der Waals surface area contributed by atoms with Crippen molar-refractivity contribution in [2.75, 3.05) is 32.7 Å². The molecule has 134 valence electrons. The number of aliphatic hydroxyl groups excluding tert-OH is 1. The van der Waals surface area contributed by atoms with Crippen LogP contribution in [0.5, 0.6) is 0 Å². The van der Waals surface area contributed by atoms with Gasteiger partial charge in [0.05, 0.1) is 12.1 Å². The fraction of sp³-hybridized carbons (Fsp3) is 0.632. The Morgan fingerprint density at radius 3 is 2.62 bits per heavy atom. The number of rotatable bonds is 7. The Labute approximate surface area is 145 Å². The van der Waals surface area contributed by atoms with E-state index in [2.05, 4.69) is 22.0 Å². The lowest BCUT2D eigenvalue weighted by atomic mass is 10.1. The van der Waals surface area contributed by atoms with Crippen LogP contribution in [0.15, 0.2) is 30.3 Å². The van der Waals surface area contributed by atoms with Crippen LogP contribution in [0.1, 0.15) is 38.8 Å². The van der Waals surface area contributed by atoms with Gasteiger partial charge in [-0.15, -0.1) is 0 Å². The van der Waals surface area contributed by atoms with Gasteiger partial charge in [0.15, 0.2) is 0 Å². The summed E-state index contributed by atoms with van der Waals surface area (Å²) >= 11 is 0. The lowest BCUT2D eigenvalue weighted by molar-refractivity contribution is -0.122. The Kier molecular flexibility index (Phi) is 7.21. The highest BCUT2D eigenvalue weighted by molar-refractivity contribution is 5.76. The zero-order chi connectivity index (χ0) is 17.5. The number of hydrogen-bond acceptors (Lipinski definition) is 4. The Bertz CT molecular complexity index is 507. The SMILES string of the molecule is C[C@H](O)CN1CCN(CCC(=O)N[C@H](C)c2ccccc2)C[C@@H]1C. The van der Waals surface area contributed by atoms with E-state index in [0.717, 1.165) is 38.3 Å². The largest absolute Gasteiger partial charge is 0.392 e. The van der Waals surface area contributed by atoms with Crippen molar-refractivity contribution in [1.29, 1.82) is 0 Å². The summed E-state index contributed by atoms with van der Waals surface area (Å²) in [6.45, 7) is 10.4. The highest BCUT2D eigenvalue weighted by Gasteiger charge is 2.24. The minimum absolute atomic E-state index is 0.0421. The van der Waals surface area contributed by atoms with Crippen molar-refractivity contribution in [1.82, 2.24) is 15.1 Å². The van der Waals surface area contributed by atoms with Crippen LogP contribution in [0.2, 0.25) is 0 Å². The molecule has 0 aromatic heterocycles. The lowest BCUT2D eigenvalue weighted by Gasteiger charge is -2.40. The molecule has 1 fully saturated rings. The molecule has 0 bridgehead atoms. The van der Waals surface area contributed by atoms with E-state index in [1.807, 2.05) is 44.2 Å². The van der Waals surface area contributed by atoms with E-state index in [1.54, 1.807) is 0 Å². The van der Waals surface area contributed by atoms with Gasteiger partial charge < -0.3 is 15.3 Å². The van der Waals surface area contributed by atoms with Crippen LogP contribution in [0, 0.1) is 0 Å². The maximum Gasteiger partial charge on any atom is 0.221 e. The third kappa shape index (κ3) is 5.89. The summed E-state index contributed by atoms with van der Waals surface area (Å²) in [4.78, 5) is 16.8. The molecule has 0 radical (unpaired) electrons. The molecule has 1 saturated heterocycles. The molecule has 1 aromatic rings. The number of carbonyl (C=O) groups excluding carboxylic acids is 1. The molecule has 5 nitrogen and oxygen atoms in total. The van der Waals surface area contributed by atoms with E-state index in [0.29, 0.717) is 12.5 Å². The second-order valence-electron chi connectivity index (χ2n) is 6.94. The molecule has 1 amide bonds. The van der Waals surface area contributed by atoms with E-state index in [9.17, 15) is 9.90 Å². The highest BCUT2D eigenvalue weighted by Crippen LogP contribution is 2.13. The molecule has 1 aliphatic rings. The Morgan fingerprint density at radius 1 is 1.29 bits per heavy atom. The summed E-state index contributed by atoms with van der Waals surface area (Å²) in [6.07, 6.45) is 0.240. The van der Waals surface area contributed by atoms with Crippen LogP contribution >= 0.6 is 0 Å². The van der Waals surface area contributed by atoms with Gasteiger partial charge in [0.1, 0.15) is 0 Å². The van der Waals surface area contributed by atoms with Gasteiger partial charge in [-0.1, -0.05) is 30.3 Å². The van der Waals surface area contributed by atoms with E-state index in [1.165, 1.54) is 0 Å². The smallest absolute Gasteiger partial charge is 0.221 e. The zero-order valence-corrected chi connectivity index (χ0v) is 15.1. The van der Waals surface area contributed by atoms with Crippen molar-refractivity contribution in [2.24, 2.45) is 0 Å². The van der Waals surface area contributed by atoms with Gasteiger partial charge in [0.25, 0.3) is 0 Å². The predicted molar refractivity (Wildman–Crippen MR) is 96.8 cm³/mol. The molecule has 5 heteroatoms. The quantitative estimate of drug-likeness (QED) is 0.796. The summed E-state index contributed by atoms with van der Waals surface area (Å²) in [7, 11) is 0. The van der Waals surface area contributed by atoms with Crippen LogP contribution in [-0.2, 0) is 4.79 Å². The molecule has 1 aromatic carbocycles. The van der Waals surface area contributed by atoms with Gasteiger partial charge in [0, 0.05) is 45.2 Å². The lowest BCUT2D eigenvalue weighted by Crippen LogP contribution is -2.53. The molecule has 1 aliphatic heterocycles. The van der Waals surface area contributed by atoms with Gasteiger partial charge in [-0.2, -0.15) is 0 Å². The van der Waals surface area contributed by atoms with Gasteiger partial charge in [-0.25, -0.2) is 0 Å². The summed E-state index contributed by atoms with van der Waals surface area (Å²) < 4.78 is 0. The van der Waals surface area contributed by atoms with E-state index in [4.69, 9.17) is 0 Å². The molecule has 1 heterocycles. The van der Waals surface area contributed by atoms with Crippen molar-refractivity contribution in [3.63, 3.8) is 0 Å². The van der Waals surface area contributed by atoms with Crippen molar-refractivity contribution in [2.45, 2.75) is 45.4 Å². The molecule has 0 aliphatic carbocycles. The molecule has 24 heavy (non-hydrogen) atoms. The fourth-order valence-electron chi connectivity index (χ4n) is 3.28. The van der Waals surface area contributed by atoms with Crippen molar-refractivity contribution in [3.05, 3.63) is 35.9 Å². The van der Waals surface area contributed by atoms with Crippen LogP contribution in [0.4, 0.5) is 0 Å². The van der Waals surface area contributed by atoms with Crippen LogP contribution in [-0.4, -0.2) is 65.7 Å². The molecule has 0 spiro atoms. The number of carbonyl (C=O) groups is 1. The van der Waals surface area contributed by atoms with Crippen molar-refractivity contribution < 1.29 is 9.90 Å². The third-order valence-corrected chi connectivity index (χ3v) is 4.68. The Balaban J connectivity index is 1.71. The normalized spacial score (nSPS) is 22.1. The van der Waals surface area contributed by atoms with Gasteiger partial charge >= 0.3 is 0 Å². The molecule has 3 atom stereocenters. The molecular formula is C19H31N3O2. The number of hydrogen-bond donors (Lipinski definition) is 2. The molecular weight excluding hydrogens is 302 g/mol. The molecule has 0 unspecified atom stereocenters. The predicted octanol–water partition coefficient (Wildman–Crippen LogP) is 1.64.